The quantitative estimate of drug-likeness (QED) is 0.0257. The van der Waals surface area contributed by atoms with Gasteiger partial charge in [-0.15, -0.1) is 0 Å². The Kier molecular flexibility index (Phi) is 36.8. The lowest BCUT2D eigenvalue weighted by molar-refractivity contribution is -0.163. The molecule has 0 amide bonds. The largest absolute Gasteiger partial charge is 0.472 e. The highest BCUT2D eigenvalue weighted by atomic mass is 31.2. The van der Waals surface area contributed by atoms with Crippen molar-refractivity contribution in [3.63, 3.8) is 0 Å². The van der Waals surface area contributed by atoms with E-state index in [1.54, 1.807) is 0 Å². The van der Waals surface area contributed by atoms with Gasteiger partial charge in [-0.05, 0) is 37.5 Å². The van der Waals surface area contributed by atoms with Crippen LogP contribution in [0.3, 0.4) is 0 Å². The summed E-state index contributed by atoms with van der Waals surface area (Å²) in [5.41, 5.74) is 5.34. The number of rotatable bonds is 41. The summed E-state index contributed by atoms with van der Waals surface area (Å²) in [4.78, 5) is 60.4. The summed E-state index contributed by atoms with van der Waals surface area (Å²) in [5.74, 6) is -2.02. The van der Waals surface area contributed by atoms with Crippen molar-refractivity contribution >= 4 is 31.7 Å². The van der Waals surface area contributed by atoms with Gasteiger partial charge in [0.25, 0.3) is 0 Å². The fourth-order valence-corrected chi connectivity index (χ4v) is 7.16. The van der Waals surface area contributed by atoms with Gasteiger partial charge in [0.1, 0.15) is 6.61 Å². The van der Waals surface area contributed by atoms with E-state index in [-0.39, 0.29) is 50.7 Å². The monoisotopic (exact) mass is 836 g/mol. The number of carbonyl (C=O) groups excluding carboxylic acids is 4. The van der Waals surface area contributed by atoms with Crippen LogP contribution in [0.1, 0.15) is 195 Å². The Morgan fingerprint density at radius 2 is 0.842 bits per heavy atom. The van der Waals surface area contributed by atoms with E-state index in [0.717, 1.165) is 77.0 Å². The van der Waals surface area contributed by atoms with Crippen LogP contribution >= 0.6 is 7.82 Å². The zero-order valence-corrected chi connectivity index (χ0v) is 37.2. The molecule has 0 saturated carbocycles. The van der Waals surface area contributed by atoms with Crippen molar-refractivity contribution in [2.24, 2.45) is 17.6 Å². The van der Waals surface area contributed by atoms with Crippen molar-refractivity contribution in [3.8, 4) is 0 Å². The molecule has 0 saturated heterocycles. The number of carbonyl (C=O) groups is 4. The maximum absolute atomic E-state index is 12.7. The van der Waals surface area contributed by atoms with Gasteiger partial charge in [-0.25, -0.2) is 4.57 Å². The van der Waals surface area contributed by atoms with Crippen LogP contribution in [0.4, 0.5) is 0 Å². The fourth-order valence-electron chi connectivity index (χ4n) is 6.39. The molecule has 13 nitrogen and oxygen atoms in total. The molecule has 0 aromatic carbocycles. The van der Waals surface area contributed by atoms with E-state index < -0.39 is 51.0 Å². The van der Waals surface area contributed by atoms with Crippen LogP contribution in [0.25, 0.3) is 0 Å². The molecule has 336 valence electrons. The molecule has 0 bridgehead atoms. The van der Waals surface area contributed by atoms with Gasteiger partial charge in [0.15, 0.2) is 6.10 Å². The molecule has 0 spiro atoms. The van der Waals surface area contributed by atoms with Crippen LogP contribution in [-0.2, 0) is 51.7 Å². The molecular formula is C43H82NO12P. The molecule has 0 heterocycles. The first-order valence-corrected chi connectivity index (χ1v) is 24.0. The van der Waals surface area contributed by atoms with E-state index in [0.29, 0.717) is 13.2 Å². The summed E-state index contributed by atoms with van der Waals surface area (Å²) in [7, 11) is -4.54. The first-order chi connectivity index (χ1) is 27.5. The van der Waals surface area contributed by atoms with Gasteiger partial charge >= 0.3 is 31.7 Å². The Morgan fingerprint density at radius 1 is 0.491 bits per heavy atom. The summed E-state index contributed by atoms with van der Waals surface area (Å²) in [6.07, 6.45) is 22.8. The first kappa shape index (κ1) is 55.0. The lowest BCUT2D eigenvalue weighted by Crippen LogP contribution is -2.30. The average Bonchev–Trinajstić information content (AvgIpc) is 3.19. The van der Waals surface area contributed by atoms with Gasteiger partial charge in [0.05, 0.1) is 52.1 Å². The van der Waals surface area contributed by atoms with E-state index >= 15 is 0 Å². The molecule has 4 unspecified atom stereocenters. The van der Waals surface area contributed by atoms with Gasteiger partial charge < -0.3 is 29.6 Å². The molecule has 3 N–H and O–H groups in total. The smallest absolute Gasteiger partial charge is 0.465 e. The highest BCUT2D eigenvalue weighted by molar-refractivity contribution is 7.47. The van der Waals surface area contributed by atoms with Gasteiger partial charge in [0.2, 0.25) is 0 Å². The molecule has 0 aliphatic heterocycles. The van der Waals surface area contributed by atoms with E-state index in [9.17, 15) is 28.6 Å². The molecule has 57 heavy (non-hydrogen) atoms. The normalized spacial score (nSPS) is 14.0. The summed E-state index contributed by atoms with van der Waals surface area (Å²) >= 11 is 0. The Balaban J connectivity index is 4.99. The Labute approximate surface area is 345 Å². The molecule has 0 radical (unpaired) electrons. The molecule has 0 aliphatic rings. The van der Waals surface area contributed by atoms with Gasteiger partial charge in [-0.3, -0.25) is 28.2 Å². The van der Waals surface area contributed by atoms with Gasteiger partial charge in [-0.2, -0.15) is 0 Å². The lowest BCUT2D eigenvalue weighted by atomic mass is 9.95. The second-order valence-electron chi connectivity index (χ2n) is 15.4. The van der Waals surface area contributed by atoms with Crippen LogP contribution in [0.15, 0.2) is 0 Å². The van der Waals surface area contributed by atoms with Gasteiger partial charge in [0, 0.05) is 6.54 Å². The van der Waals surface area contributed by atoms with Crippen LogP contribution < -0.4 is 5.73 Å². The molecule has 0 fully saturated rings. The zero-order valence-electron chi connectivity index (χ0n) is 36.3. The third kappa shape index (κ3) is 35.6. The molecule has 14 heteroatoms. The highest BCUT2D eigenvalue weighted by Gasteiger charge is 2.26. The molecule has 0 aliphatic carbocycles. The minimum atomic E-state index is -4.54. The van der Waals surface area contributed by atoms with Crippen molar-refractivity contribution < 1.29 is 56.6 Å². The lowest BCUT2D eigenvalue weighted by Gasteiger charge is -2.20. The topological polar surface area (TPSA) is 187 Å². The minimum Gasteiger partial charge on any atom is -0.465 e. The van der Waals surface area contributed by atoms with Crippen LogP contribution in [0, 0.1) is 11.8 Å². The van der Waals surface area contributed by atoms with Crippen LogP contribution in [0.5, 0.6) is 0 Å². The SMILES string of the molecule is CCCCCCCCC(CCCCC)COC(=O)CCC(=O)OCC(COP(=O)(O)OCCN)OC(=O)CCC(=O)OCC(CCCCC)CCCCCCCC. The highest BCUT2D eigenvalue weighted by Crippen LogP contribution is 2.43. The Morgan fingerprint density at radius 3 is 1.26 bits per heavy atom. The molecule has 0 aromatic rings. The van der Waals surface area contributed by atoms with E-state index in [4.69, 9.17) is 33.7 Å². The van der Waals surface area contributed by atoms with Crippen molar-refractivity contribution in [2.75, 3.05) is 39.6 Å². The summed E-state index contributed by atoms with van der Waals surface area (Å²) < 4.78 is 43.6. The average molecular weight is 836 g/mol. The maximum atomic E-state index is 12.7. The number of unbranched alkanes of at least 4 members (excludes halogenated alkanes) is 14. The van der Waals surface area contributed by atoms with Crippen molar-refractivity contribution in [1.29, 1.82) is 0 Å². The third-order valence-corrected chi connectivity index (χ3v) is 10.9. The van der Waals surface area contributed by atoms with Crippen LogP contribution in [0.2, 0.25) is 0 Å². The van der Waals surface area contributed by atoms with E-state index in [1.165, 1.54) is 64.2 Å². The predicted octanol–water partition coefficient (Wildman–Crippen LogP) is 10.1. The second kappa shape index (κ2) is 38.2. The summed E-state index contributed by atoms with van der Waals surface area (Å²) in [5, 5.41) is 0. The number of hydrogen-bond acceptors (Lipinski definition) is 12. The Bertz CT molecular complexity index is 1060. The minimum absolute atomic E-state index is 0.0281. The molecule has 0 rings (SSSR count). The zero-order chi connectivity index (χ0) is 42.4. The van der Waals surface area contributed by atoms with Crippen LogP contribution in [-0.4, -0.2) is 74.5 Å². The van der Waals surface area contributed by atoms with Crippen molar-refractivity contribution in [1.82, 2.24) is 0 Å². The van der Waals surface area contributed by atoms with Crippen molar-refractivity contribution in [2.45, 2.75) is 201 Å². The Hall–Kier alpha value is -2.05. The third-order valence-electron chi connectivity index (χ3n) is 9.91. The number of esters is 4. The number of phosphoric ester groups is 1. The first-order valence-electron chi connectivity index (χ1n) is 22.5. The van der Waals surface area contributed by atoms with E-state index in [1.807, 2.05) is 0 Å². The maximum Gasteiger partial charge on any atom is 0.472 e. The summed E-state index contributed by atoms with van der Waals surface area (Å²) in [6.45, 7) is 7.91. The van der Waals surface area contributed by atoms with Crippen molar-refractivity contribution in [3.05, 3.63) is 0 Å². The van der Waals surface area contributed by atoms with E-state index in [2.05, 4.69) is 27.7 Å². The fraction of sp³-hybridized carbons (Fsp3) is 0.907. The predicted molar refractivity (Wildman–Crippen MR) is 223 cm³/mol. The second-order valence-corrected chi connectivity index (χ2v) is 16.8. The standard InChI is InChI=1S/C43H82NO12P/c1-5-9-13-15-17-21-25-37(23-19-11-7-3)33-51-40(45)27-28-42(47)53-35-39(36-55-57(49,50)54-32-31-44)56-43(48)30-29-41(46)52-34-38(24-20-12-8-4)26-22-18-16-14-10-6-2/h37-39H,5-36,44H2,1-4H3,(H,49,50). The number of phosphoric acid groups is 1. The molecule has 4 atom stereocenters. The molecular weight excluding hydrogens is 753 g/mol. The number of hydrogen-bond donors (Lipinski definition) is 2. The number of ether oxygens (including phenoxy) is 4. The van der Waals surface area contributed by atoms with Gasteiger partial charge in [-0.1, -0.05) is 143 Å². The molecule has 0 aromatic heterocycles. The number of nitrogens with two attached hydrogens (primary N) is 1. The summed E-state index contributed by atoms with van der Waals surface area (Å²) in [6, 6.07) is 0.